The van der Waals surface area contributed by atoms with Crippen LogP contribution >= 0.6 is 0 Å². The minimum atomic E-state index is 0.926. The molecule has 0 bridgehead atoms. The number of aromatic nitrogens is 3. The van der Waals surface area contributed by atoms with Crippen molar-refractivity contribution in [3.8, 4) is 0 Å². The molecule has 1 aromatic heterocycles. The van der Waals surface area contributed by atoms with Crippen molar-refractivity contribution in [1.82, 2.24) is 15.4 Å². The molecule has 0 aliphatic heterocycles. The minimum absolute atomic E-state index is 0.926. The van der Waals surface area contributed by atoms with Crippen LogP contribution in [0.5, 0.6) is 0 Å². The Morgan fingerprint density at radius 2 is 2.14 bits per heavy atom. The van der Waals surface area contributed by atoms with Gasteiger partial charge in [-0.15, -0.1) is 0 Å². The number of rotatable bonds is 1. The maximum absolute atomic E-state index is 4.09. The molecule has 14 heavy (non-hydrogen) atoms. The van der Waals surface area contributed by atoms with E-state index in [4.69, 9.17) is 0 Å². The topological polar surface area (TPSA) is 41.6 Å². The molecule has 3 heteroatoms. The first-order valence-electron chi connectivity index (χ1n) is 4.60. The lowest BCUT2D eigenvalue weighted by molar-refractivity contribution is 0.936. The normalized spacial score (nSPS) is 13.9. The first-order valence-corrected chi connectivity index (χ1v) is 4.60. The molecule has 0 fully saturated rings. The summed E-state index contributed by atoms with van der Waals surface area (Å²) in [5.41, 5.74) is 4.76. The number of benzene rings is 1. The molecule has 68 valence electrons. The first-order chi connectivity index (χ1) is 6.95. The number of allylic oxidation sites excluding steroid dienone is 1. The molecule has 0 saturated carbocycles. The van der Waals surface area contributed by atoms with Crippen molar-refractivity contribution in [2.75, 3.05) is 0 Å². The molecule has 1 aliphatic rings. The van der Waals surface area contributed by atoms with E-state index in [0.717, 1.165) is 12.1 Å². The zero-order chi connectivity index (χ0) is 9.38. The van der Waals surface area contributed by atoms with Crippen molar-refractivity contribution in [2.45, 2.75) is 6.42 Å². The van der Waals surface area contributed by atoms with Gasteiger partial charge in [0.05, 0.1) is 6.20 Å². The van der Waals surface area contributed by atoms with Crippen LogP contribution in [0.25, 0.3) is 5.57 Å². The smallest absolute Gasteiger partial charge is 0.113 e. The molecule has 2 aromatic rings. The molecule has 0 radical (unpaired) electrons. The second-order valence-corrected chi connectivity index (χ2v) is 3.33. The lowest BCUT2D eigenvalue weighted by Gasteiger charge is -2.00. The lowest BCUT2D eigenvalue weighted by Crippen LogP contribution is -1.86. The third kappa shape index (κ3) is 0.988. The van der Waals surface area contributed by atoms with Crippen molar-refractivity contribution < 1.29 is 0 Å². The summed E-state index contributed by atoms with van der Waals surface area (Å²) >= 11 is 0. The summed E-state index contributed by atoms with van der Waals surface area (Å²) in [5, 5.41) is 10.6. The van der Waals surface area contributed by atoms with Crippen molar-refractivity contribution in [1.29, 1.82) is 0 Å². The molecular formula is C11H9N3. The van der Waals surface area contributed by atoms with Gasteiger partial charge in [0.15, 0.2) is 0 Å². The molecule has 1 N–H and O–H groups in total. The Morgan fingerprint density at radius 3 is 3.00 bits per heavy atom. The van der Waals surface area contributed by atoms with Crippen LogP contribution in [0.2, 0.25) is 0 Å². The summed E-state index contributed by atoms with van der Waals surface area (Å²) in [4.78, 5) is 0. The molecular weight excluding hydrogens is 174 g/mol. The molecule has 0 amide bonds. The van der Waals surface area contributed by atoms with Gasteiger partial charge in [-0.05, 0) is 17.5 Å². The summed E-state index contributed by atoms with van der Waals surface area (Å²) < 4.78 is 0. The van der Waals surface area contributed by atoms with Crippen molar-refractivity contribution in [3.63, 3.8) is 0 Å². The van der Waals surface area contributed by atoms with Crippen LogP contribution in [0.4, 0.5) is 0 Å². The fraction of sp³-hybridized carbons (Fsp3) is 0.0909. The van der Waals surface area contributed by atoms with Gasteiger partial charge in [0.1, 0.15) is 5.69 Å². The molecule has 1 heterocycles. The van der Waals surface area contributed by atoms with E-state index >= 15 is 0 Å². The molecule has 3 rings (SSSR count). The summed E-state index contributed by atoms with van der Waals surface area (Å²) in [5.74, 6) is 0. The highest BCUT2D eigenvalue weighted by Gasteiger charge is 2.15. The number of hydrogen-bond donors (Lipinski definition) is 1. The van der Waals surface area contributed by atoms with E-state index < -0.39 is 0 Å². The number of fused-ring (bicyclic) bond motifs is 1. The molecule has 3 nitrogen and oxygen atoms in total. The van der Waals surface area contributed by atoms with Gasteiger partial charge in [0.25, 0.3) is 0 Å². The van der Waals surface area contributed by atoms with E-state index in [1.807, 2.05) is 0 Å². The number of hydrogen-bond acceptors (Lipinski definition) is 2. The Bertz CT molecular complexity index is 483. The van der Waals surface area contributed by atoms with Crippen molar-refractivity contribution >= 4 is 5.57 Å². The zero-order valence-corrected chi connectivity index (χ0v) is 7.57. The van der Waals surface area contributed by atoms with Gasteiger partial charge in [0, 0.05) is 5.57 Å². The molecule has 0 atom stereocenters. The molecule has 1 aliphatic carbocycles. The second-order valence-electron chi connectivity index (χ2n) is 3.33. The van der Waals surface area contributed by atoms with Gasteiger partial charge in [0.2, 0.25) is 0 Å². The Kier molecular flexibility index (Phi) is 1.50. The van der Waals surface area contributed by atoms with Gasteiger partial charge in [-0.1, -0.05) is 30.3 Å². The van der Waals surface area contributed by atoms with E-state index in [1.165, 1.54) is 16.7 Å². The highest BCUT2D eigenvalue weighted by Crippen LogP contribution is 2.30. The Morgan fingerprint density at radius 1 is 1.21 bits per heavy atom. The first kappa shape index (κ1) is 7.50. The number of nitrogens with one attached hydrogen (secondary N) is 1. The highest BCUT2D eigenvalue weighted by molar-refractivity contribution is 5.82. The second kappa shape index (κ2) is 2.80. The number of nitrogens with zero attached hydrogens (tertiary/aromatic N) is 2. The number of H-pyrrole nitrogens is 1. The van der Waals surface area contributed by atoms with E-state index in [2.05, 4.69) is 45.8 Å². The van der Waals surface area contributed by atoms with Crippen LogP contribution in [-0.4, -0.2) is 15.4 Å². The van der Waals surface area contributed by atoms with Gasteiger partial charge >= 0.3 is 0 Å². The molecule has 0 spiro atoms. The van der Waals surface area contributed by atoms with Crippen LogP contribution in [0.1, 0.15) is 16.8 Å². The monoisotopic (exact) mass is 183 g/mol. The van der Waals surface area contributed by atoms with Crippen LogP contribution in [0.3, 0.4) is 0 Å². The summed E-state index contributed by atoms with van der Waals surface area (Å²) in [7, 11) is 0. The van der Waals surface area contributed by atoms with Gasteiger partial charge in [-0.25, -0.2) is 0 Å². The minimum Gasteiger partial charge on any atom is -0.197 e. The number of aromatic amines is 1. The predicted molar refractivity (Wildman–Crippen MR) is 53.6 cm³/mol. The molecule has 1 aromatic carbocycles. The fourth-order valence-corrected chi connectivity index (χ4v) is 1.86. The fourth-order valence-electron chi connectivity index (χ4n) is 1.86. The standard InChI is InChI=1S/C11H9N3/c1-2-4-9-8(3-1)5-6-10(9)11-7-12-14-13-11/h1-4,6-7H,5H2,(H,12,13,14). The van der Waals surface area contributed by atoms with E-state index in [1.54, 1.807) is 6.20 Å². The zero-order valence-electron chi connectivity index (χ0n) is 7.57. The van der Waals surface area contributed by atoms with E-state index in [0.29, 0.717) is 0 Å². The summed E-state index contributed by atoms with van der Waals surface area (Å²) in [6.07, 6.45) is 4.95. The SMILES string of the molecule is C1=C(c2cn[nH]n2)c2ccccc2C1. The largest absolute Gasteiger partial charge is 0.197 e. The van der Waals surface area contributed by atoms with Crippen LogP contribution in [-0.2, 0) is 6.42 Å². The Hall–Kier alpha value is -1.90. The van der Waals surface area contributed by atoms with Crippen LogP contribution in [0.15, 0.2) is 36.5 Å². The van der Waals surface area contributed by atoms with Crippen molar-refractivity contribution in [3.05, 3.63) is 53.4 Å². The third-order valence-corrected chi connectivity index (χ3v) is 2.52. The quantitative estimate of drug-likeness (QED) is 0.732. The van der Waals surface area contributed by atoms with E-state index in [9.17, 15) is 0 Å². The van der Waals surface area contributed by atoms with Gasteiger partial charge < -0.3 is 0 Å². The average Bonchev–Trinajstić information content (AvgIpc) is 2.85. The van der Waals surface area contributed by atoms with Crippen molar-refractivity contribution in [2.24, 2.45) is 0 Å². The van der Waals surface area contributed by atoms with Gasteiger partial charge in [-0.3, -0.25) is 0 Å². The maximum Gasteiger partial charge on any atom is 0.113 e. The van der Waals surface area contributed by atoms with Gasteiger partial charge in [-0.2, -0.15) is 15.4 Å². The summed E-state index contributed by atoms with van der Waals surface area (Å²) in [6.45, 7) is 0. The lowest BCUT2D eigenvalue weighted by atomic mass is 10.0. The Labute approximate surface area is 81.5 Å². The maximum atomic E-state index is 4.09. The average molecular weight is 183 g/mol. The van der Waals surface area contributed by atoms with E-state index in [-0.39, 0.29) is 0 Å². The third-order valence-electron chi connectivity index (χ3n) is 2.52. The highest BCUT2D eigenvalue weighted by atomic mass is 15.3. The Balaban J connectivity index is 2.14. The molecule has 0 unspecified atom stereocenters. The predicted octanol–water partition coefficient (Wildman–Crippen LogP) is 1.79. The van der Waals surface area contributed by atoms with Crippen LogP contribution in [0, 0.1) is 0 Å². The summed E-state index contributed by atoms with van der Waals surface area (Å²) in [6, 6.07) is 8.40. The molecule has 0 saturated heterocycles. The van der Waals surface area contributed by atoms with Crippen LogP contribution < -0.4 is 0 Å².